The smallest absolute Gasteiger partial charge is 0.131 e. The highest BCUT2D eigenvalue weighted by Crippen LogP contribution is 2.21. The number of rotatable bonds is 9. The van der Waals surface area contributed by atoms with Crippen LogP contribution in [0.4, 0.5) is 5.69 Å². The average Bonchev–Trinajstić information content (AvgIpc) is 2.44. The molecule has 1 aromatic rings. The van der Waals surface area contributed by atoms with Crippen LogP contribution in [0, 0.1) is 0 Å². The first kappa shape index (κ1) is 16.6. The molecule has 4 nitrogen and oxygen atoms in total. The predicted molar refractivity (Wildman–Crippen MR) is 86.2 cm³/mol. The van der Waals surface area contributed by atoms with Crippen LogP contribution in [-0.4, -0.2) is 29.6 Å². The molecule has 1 heterocycles. The molecule has 0 saturated heterocycles. The lowest BCUT2D eigenvalue weighted by Gasteiger charge is -2.25. The molecule has 0 aliphatic heterocycles. The maximum atomic E-state index is 4.75. The summed E-state index contributed by atoms with van der Waals surface area (Å²) in [5.74, 6) is 1.26. The molecule has 0 saturated carbocycles. The molecule has 0 aromatic carbocycles. The molecule has 0 spiro atoms. The van der Waals surface area contributed by atoms with Crippen molar-refractivity contribution in [2.75, 3.05) is 24.5 Å². The Balaban J connectivity index is 3.10. The summed E-state index contributed by atoms with van der Waals surface area (Å²) in [6.07, 6.45) is 5.00. The van der Waals surface area contributed by atoms with Crippen LogP contribution in [0.25, 0.3) is 0 Å². The molecule has 0 fully saturated rings. The van der Waals surface area contributed by atoms with Crippen LogP contribution in [0.15, 0.2) is 18.9 Å². The van der Waals surface area contributed by atoms with Gasteiger partial charge in [0.05, 0.1) is 17.6 Å². The molecule has 0 aliphatic carbocycles. The highest BCUT2D eigenvalue weighted by atomic mass is 15.1. The van der Waals surface area contributed by atoms with E-state index in [9.17, 15) is 0 Å². The number of nitrogens with one attached hydrogen (secondary N) is 1. The van der Waals surface area contributed by atoms with Gasteiger partial charge in [0.1, 0.15) is 5.82 Å². The maximum Gasteiger partial charge on any atom is 0.131 e. The summed E-state index contributed by atoms with van der Waals surface area (Å²) in [4.78, 5) is 11.6. The standard InChI is InChI=1S/C16H28N4/c1-6-9-20(10-7-2)15-12-18-16(13(4)5)19-14(15)11-17-8-3/h6,12-13,17H,1,7-11H2,2-5H3. The topological polar surface area (TPSA) is 41.1 Å². The number of hydrogen-bond acceptors (Lipinski definition) is 4. The zero-order valence-electron chi connectivity index (χ0n) is 13.3. The fourth-order valence-electron chi connectivity index (χ4n) is 2.08. The minimum absolute atomic E-state index is 0.350. The summed E-state index contributed by atoms with van der Waals surface area (Å²) in [5, 5.41) is 3.37. The first-order valence-electron chi connectivity index (χ1n) is 7.56. The summed E-state index contributed by atoms with van der Waals surface area (Å²) in [6.45, 7) is 15.9. The van der Waals surface area contributed by atoms with Gasteiger partial charge < -0.3 is 10.2 Å². The van der Waals surface area contributed by atoms with E-state index in [1.807, 2.05) is 12.3 Å². The molecular weight excluding hydrogens is 248 g/mol. The van der Waals surface area contributed by atoms with Crippen LogP contribution >= 0.6 is 0 Å². The van der Waals surface area contributed by atoms with Crippen molar-refractivity contribution < 1.29 is 0 Å². The van der Waals surface area contributed by atoms with Gasteiger partial charge in [-0.25, -0.2) is 9.97 Å². The normalized spacial score (nSPS) is 10.8. The van der Waals surface area contributed by atoms with Gasteiger partial charge >= 0.3 is 0 Å². The van der Waals surface area contributed by atoms with E-state index in [4.69, 9.17) is 4.98 Å². The van der Waals surface area contributed by atoms with Crippen LogP contribution < -0.4 is 10.2 Å². The lowest BCUT2D eigenvalue weighted by Crippen LogP contribution is -2.27. The van der Waals surface area contributed by atoms with Crippen molar-refractivity contribution in [2.24, 2.45) is 0 Å². The zero-order valence-corrected chi connectivity index (χ0v) is 13.3. The number of hydrogen-bond donors (Lipinski definition) is 1. The van der Waals surface area contributed by atoms with Gasteiger partial charge in [-0.3, -0.25) is 0 Å². The summed E-state index contributed by atoms with van der Waals surface area (Å²) in [6, 6.07) is 0. The summed E-state index contributed by atoms with van der Waals surface area (Å²) in [5.41, 5.74) is 2.21. The molecule has 112 valence electrons. The monoisotopic (exact) mass is 276 g/mol. The van der Waals surface area contributed by atoms with E-state index in [0.717, 1.165) is 49.8 Å². The third kappa shape index (κ3) is 4.60. The Morgan fingerprint density at radius 2 is 2.15 bits per heavy atom. The van der Waals surface area contributed by atoms with E-state index in [0.29, 0.717) is 5.92 Å². The third-order valence-electron chi connectivity index (χ3n) is 3.11. The second-order valence-corrected chi connectivity index (χ2v) is 5.23. The van der Waals surface area contributed by atoms with E-state index in [1.54, 1.807) is 0 Å². The van der Waals surface area contributed by atoms with E-state index < -0.39 is 0 Å². The van der Waals surface area contributed by atoms with Gasteiger partial charge in [-0.2, -0.15) is 0 Å². The van der Waals surface area contributed by atoms with Gasteiger partial charge in [0.25, 0.3) is 0 Å². The molecule has 1 aromatic heterocycles. The summed E-state index contributed by atoms with van der Waals surface area (Å²) < 4.78 is 0. The average molecular weight is 276 g/mol. The van der Waals surface area contributed by atoms with Crippen molar-refractivity contribution >= 4 is 5.69 Å². The molecular formula is C16H28N4. The van der Waals surface area contributed by atoms with Crippen molar-refractivity contribution in [3.05, 3.63) is 30.4 Å². The lowest BCUT2D eigenvalue weighted by molar-refractivity contribution is 0.678. The first-order chi connectivity index (χ1) is 9.63. The molecule has 0 bridgehead atoms. The molecule has 1 rings (SSSR count). The Morgan fingerprint density at radius 3 is 2.70 bits per heavy atom. The van der Waals surface area contributed by atoms with Crippen LogP contribution in [0.3, 0.4) is 0 Å². The zero-order chi connectivity index (χ0) is 15.0. The van der Waals surface area contributed by atoms with Gasteiger partial charge in [0.15, 0.2) is 0 Å². The maximum absolute atomic E-state index is 4.75. The molecule has 0 radical (unpaired) electrons. The highest BCUT2D eigenvalue weighted by Gasteiger charge is 2.14. The van der Waals surface area contributed by atoms with Crippen molar-refractivity contribution in [3.63, 3.8) is 0 Å². The van der Waals surface area contributed by atoms with Crippen molar-refractivity contribution in [1.82, 2.24) is 15.3 Å². The lowest BCUT2D eigenvalue weighted by atomic mass is 10.2. The fraction of sp³-hybridized carbons (Fsp3) is 0.625. The molecule has 0 amide bonds. The van der Waals surface area contributed by atoms with Crippen molar-refractivity contribution in [1.29, 1.82) is 0 Å². The molecule has 0 atom stereocenters. The number of nitrogens with zero attached hydrogens (tertiary/aromatic N) is 3. The second-order valence-electron chi connectivity index (χ2n) is 5.23. The molecule has 1 N–H and O–H groups in total. The van der Waals surface area contributed by atoms with Crippen LogP contribution in [0.2, 0.25) is 0 Å². The van der Waals surface area contributed by atoms with E-state index in [2.05, 4.69) is 49.5 Å². The summed E-state index contributed by atoms with van der Waals surface area (Å²) >= 11 is 0. The summed E-state index contributed by atoms with van der Waals surface area (Å²) in [7, 11) is 0. The Kier molecular flexibility index (Phi) is 7.23. The number of aromatic nitrogens is 2. The van der Waals surface area contributed by atoms with Crippen molar-refractivity contribution in [2.45, 2.75) is 46.6 Å². The molecule has 20 heavy (non-hydrogen) atoms. The largest absolute Gasteiger partial charge is 0.365 e. The van der Waals surface area contributed by atoms with E-state index in [1.165, 1.54) is 0 Å². The Morgan fingerprint density at radius 1 is 1.40 bits per heavy atom. The van der Waals surface area contributed by atoms with Crippen molar-refractivity contribution in [3.8, 4) is 0 Å². The van der Waals surface area contributed by atoms with Crippen LogP contribution in [0.1, 0.15) is 51.6 Å². The first-order valence-corrected chi connectivity index (χ1v) is 7.56. The molecule has 0 aliphatic rings. The predicted octanol–water partition coefficient (Wildman–Crippen LogP) is 3.11. The Hall–Kier alpha value is -1.42. The Labute approximate surface area is 123 Å². The SMILES string of the molecule is C=CCN(CCC)c1cnc(C(C)C)nc1CNCC. The van der Waals surface area contributed by atoms with Gasteiger partial charge in [-0.1, -0.05) is 33.8 Å². The molecule has 0 unspecified atom stereocenters. The van der Waals surface area contributed by atoms with Gasteiger partial charge in [0.2, 0.25) is 0 Å². The van der Waals surface area contributed by atoms with Gasteiger partial charge in [0, 0.05) is 25.6 Å². The van der Waals surface area contributed by atoms with E-state index >= 15 is 0 Å². The highest BCUT2D eigenvalue weighted by molar-refractivity contribution is 5.49. The fourth-order valence-corrected chi connectivity index (χ4v) is 2.08. The van der Waals surface area contributed by atoms with Gasteiger partial charge in [-0.15, -0.1) is 6.58 Å². The minimum atomic E-state index is 0.350. The van der Waals surface area contributed by atoms with Crippen LogP contribution in [-0.2, 0) is 6.54 Å². The Bertz CT molecular complexity index is 415. The van der Waals surface area contributed by atoms with Crippen LogP contribution in [0.5, 0.6) is 0 Å². The second kappa shape index (κ2) is 8.69. The van der Waals surface area contributed by atoms with Gasteiger partial charge in [-0.05, 0) is 13.0 Å². The van der Waals surface area contributed by atoms with E-state index in [-0.39, 0.29) is 0 Å². The minimum Gasteiger partial charge on any atom is -0.365 e. The molecule has 4 heteroatoms. The number of anilines is 1. The quantitative estimate of drug-likeness (QED) is 0.704. The third-order valence-corrected chi connectivity index (χ3v) is 3.11.